The lowest BCUT2D eigenvalue weighted by molar-refractivity contribution is -0.127. The standard InChI is InChI=1S/C13H13N5O2S/c1-18-10(19)5-9(11(18)8-3-2-4-14-6-8)12(20)16-13-17-15-7-21-13/h2-4,6-7,9,11H,5H2,1H3,(H,16,17,20). The van der Waals surface area contributed by atoms with Crippen LogP contribution < -0.4 is 5.32 Å². The number of likely N-dealkylation sites (tertiary alicyclic amines) is 1. The highest BCUT2D eigenvalue weighted by atomic mass is 32.1. The molecule has 1 N–H and O–H groups in total. The fraction of sp³-hybridized carbons (Fsp3) is 0.308. The predicted molar refractivity (Wildman–Crippen MR) is 76.4 cm³/mol. The molecule has 8 heteroatoms. The number of nitrogens with one attached hydrogen (secondary N) is 1. The Labute approximate surface area is 125 Å². The summed E-state index contributed by atoms with van der Waals surface area (Å²) >= 11 is 1.24. The molecule has 2 aromatic heterocycles. The zero-order valence-electron chi connectivity index (χ0n) is 11.3. The molecule has 2 unspecified atom stereocenters. The molecular formula is C13H13N5O2S. The first-order valence-electron chi connectivity index (χ1n) is 6.39. The van der Waals surface area contributed by atoms with E-state index in [-0.39, 0.29) is 24.3 Å². The van der Waals surface area contributed by atoms with Gasteiger partial charge in [-0.25, -0.2) is 0 Å². The molecule has 0 radical (unpaired) electrons. The third-order valence-electron chi connectivity index (χ3n) is 3.54. The van der Waals surface area contributed by atoms with Crippen LogP contribution in [0.1, 0.15) is 18.0 Å². The molecule has 1 aliphatic rings. The third kappa shape index (κ3) is 2.62. The molecular weight excluding hydrogens is 290 g/mol. The summed E-state index contributed by atoms with van der Waals surface area (Å²) in [6.07, 6.45) is 3.53. The topological polar surface area (TPSA) is 88.1 Å². The van der Waals surface area contributed by atoms with Gasteiger partial charge in [0.05, 0.1) is 12.0 Å². The highest BCUT2D eigenvalue weighted by molar-refractivity contribution is 7.13. The van der Waals surface area contributed by atoms with Gasteiger partial charge in [0.25, 0.3) is 0 Å². The minimum atomic E-state index is -0.462. The number of hydrogen-bond donors (Lipinski definition) is 1. The van der Waals surface area contributed by atoms with Gasteiger partial charge >= 0.3 is 0 Å². The maximum Gasteiger partial charge on any atom is 0.232 e. The van der Waals surface area contributed by atoms with Crippen LogP contribution in [0.15, 0.2) is 30.0 Å². The molecule has 1 aliphatic heterocycles. The zero-order valence-corrected chi connectivity index (χ0v) is 12.1. The molecule has 2 amide bonds. The monoisotopic (exact) mass is 303 g/mol. The van der Waals surface area contributed by atoms with Crippen molar-refractivity contribution in [2.24, 2.45) is 5.92 Å². The van der Waals surface area contributed by atoms with Crippen LogP contribution in [0.5, 0.6) is 0 Å². The van der Waals surface area contributed by atoms with Crippen molar-refractivity contribution in [3.63, 3.8) is 0 Å². The minimum absolute atomic E-state index is 0.0544. The molecule has 0 aromatic carbocycles. The van der Waals surface area contributed by atoms with Crippen molar-refractivity contribution in [2.45, 2.75) is 12.5 Å². The van der Waals surface area contributed by atoms with E-state index in [0.717, 1.165) is 5.56 Å². The van der Waals surface area contributed by atoms with Crippen LogP contribution in [0.4, 0.5) is 5.13 Å². The van der Waals surface area contributed by atoms with Crippen LogP contribution in [0.3, 0.4) is 0 Å². The summed E-state index contributed by atoms with van der Waals surface area (Å²) in [6.45, 7) is 0. The Kier molecular flexibility index (Phi) is 3.61. The molecule has 0 spiro atoms. The van der Waals surface area contributed by atoms with E-state index in [1.54, 1.807) is 35.9 Å². The van der Waals surface area contributed by atoms with Crippen LogP contribution >= 0.6 is 11.3 Å². The summed E-state index contributed by atoms with van der Waals surface area (Å²) in [5, 5.41) is 10.6. The number of carbonyl (C=O) groups is 2. The maximum atomic E-state index is 12.4. The number of hydrogen-bond acceptors (Lipinski definition) is 6. The van der Waals surface area contributed by atoms with Gasteiger partial charge in [-0.05, 0) is 11.6 Å². The van der Waals surface area contributed by atoms with E-state index in [1.807, 2.05) is 6.07 Å². The largest absolute Gasteiger partial charge is 0.338 e. The molecule has 21 heavy (non-hydrogen) atoms. The first-order chi connectivity index (χ1) is 10.2. The molecule has 0 aliphatic carbocycles. The average Bonchev–Trinajstić information content (AvgIpc) is 3.09. The van der Waals surface area contributed by atoms with Crippen LogP contribution in [-0.2, 0) is 9.59 Å². The summed E-state index contributed by atoms with van der Waals surface area (Å²) in [5.41, 5.74) is 2.39. The van der Waals surface area contributed by atoms with Crippen molar-refractivity contribution < 1.29 is 9.59 Å². The summed E-state index contributed by atoms with van der Waals surface area (Å²) in [7, 11) is 1.71. The van der Waals surface area contributed by atoms with Gasteiger partial charge in [-0.15, -0.1) is 10.2 Å². The molecule has 0 bridgehead atoms. The predicted octanol–water partition coefficient (Wildman–Crippen LogP) is 1.09. The first-order valence-corrected chi connectivity index (χ1v) is 7.27. The lowest BCUT2D eigenvalue weighted by Gasteiger charge is -2.24. The fourth-order valence-electron chi connectivity index (χ4n) is 2.54. The van der Waals surface area contributed by atoms with Gasteiger partial charge in [-0.1, -0.05) is 17.4 Å². The van der Waals surface area contributed by atoms with Gasteiger partial charge < -0.3 is 10.2 Å². The number of anilines is 1. The molecule has 2 aromatic rings. The summed E-state index contributed by atoms with van der Waals surface area (Å²) in [4.78, 5) is 30.1. The van der Waals surface area contributed by atoms with Crippen molar-refractivity contribution in [3.05, 3.63) is 35.6 Å². The number of carbonyl (C=O) groups excluding carboxylic acids is 2. The fourth-order valence-corrected chi connectivity index (χ4v) is 2.99. The van der Waals surface area contributed by atoms with Crippen molar-refractivity contribution >= 4 is 28.3 Å². The van der Waals surface area contributed by atoms with Crippen LogP contribution in [0.2, 0.25) is 0 Å². The molecule has 1 fully saturated rings. The van der Waals surface area contributed by atoms with Gasteiger partial charge in [0.1, 0.15) is 5.51 Å². The lowest BCUT2D eigenvalue weighted by atomic mass is 9.94. The first kappa shape index (κ1) is 13.6. The maximum absolute atomic E-state index is 12.4. The Bertz CT molecular complexity index is 646. The number of nitrogens with zero attached hydrogens (tertiary/aromatic N) is 4. The second kappa shape index (κ2) is 5.57. The number of aromatic nitrogens is 3. The van der Waals surface area contributed by atoms with Gasteiger partial charge in [0.2, 0.25) is 16.9 Å². The van der Waals surface area contributed by atoms with E-state index in [9.17, 15) is 9.59 Å². The van der Waals surface area contributed by atoms with Crippen LogP contribution in [0, 0.1) is 5.92 Å². The Morgan fingerprint density at radius 2 is 2.38 bits per heavy atom. The molecule has 7 nitrogen and oxygen atoms in total. The quantitative estimate of drug-likeness (QED) is 0.917. The normalized spacial score (nSPS) is 21.6. The second-order valence-corrected chi connectivity index (χ2v) is 5.61. The smallest absolute Gasteiger partial charge is 0.232 e. The van der Waals surface area contributed by atoms with E-state index in [1.165, 1.54) is 11.3 Å². The van der Waals surface area contributed by atoms with E-state index >= 15 is 0 Å². The molecule has 2 atom stereocenters. The molecule has 0 saturated carbocycles. The van der Waals surface area contributed by atoms with Crippen molar-refractivity contribution in [3.8, 4) is 0 Å². The van der Waals surface area contributed by atoms with Crippen molar-refractivity contribution in [1.82, 2.24) is 20.1 Å². The second-order valence-electron chi connectivity index (χ2n) is 4.78. The Morgan fingerprint density at radius 1 is 1.52 bits per heavy atom. The Balaban J connectivity index is 1.85. The van der Waals surface area contributed by atoms with E-state index < -0.39 is 5.92 Å². The summed E-state index contributed by atoms with van der Waals surface area (Å²) in [5.74, 6) is -0.741. The van der Waals surface area contributed by atoms with Gasteiger partial charge in [-0.2, -0.15) is 0 Å². The highest BCUT2D eigenvalue weighted by Gasteiger charge is 2.42. The lowest BCUT2D eigenvalue weighted by Crippen LogP contribution is -2.30. The van der Waals surface area contributed by atoms with Crippen molar-refractivity contribution in [2.75, 3.05) is 12.4 Å². The number of pyridine rings is 1. The van der Waals surface area contributed by atoms with Crippen LogP contribution in [-0.4, -0.2) is 38.9 Å². The average molecular weight is 303 g/mol. The summed E-state index contributed by atoms with van der Waals surface area (Å²) < 4.78 is 0. The SMILES string of the molecule is CN1C(=O)CC(C(=O)Nc2nncs2)C1c1cccnc1. The van der Waals surface area contributed by atoms with E-state index in [4.69, 9.17) is 0 Å². The minimum Gasteiger partial charge on any atom is -0.338 e. The molecule has 3 heterocycles. The highest BCUT2D eigenvalue weighted by Crippen LogP contribution is 2.37. The Morgan fingerprint density at radius 3 is 3.05 bits per heavy atom. The Hall–Kier alpha value is -2.35. The van der Waals surface area contributed by atoms with Gasteiger partial charge in [0.15, 0.2) is 0 Å². The third-order valence-corrected chi connectivity index (χ3v) is 4.15. The van der Waals surface area contributed by atoms with E-state index in [0.29, 0.717) is 5.13 Å². The van der Waals surface area contributed by atoms with Crippen molar-refractivity contribution in [1.29, 1.82) is 0 Å². The number of rotatable bonds is 3. The summed E-state index contributed by atoms with van der Waals surface area (Å²) in [6, 6.07) is 3.36. The molecule has 108 valence electrons. The van der Waals surface area contributed by atoms with E-state index in [2.05, 4.69) is 20.5 Å². The van der Waals surface area contributed by atoms with Gasteiger partial charge in [-0.3, -0.25) is 14.6 Å². The number of amides is 2. The molecule has 1 saturated heterocycles. The van der Waals surface area contributed by atoms with Gasteiger partial charge in [0, 0.05) is 25.9 Å². The molecule has 3 rings (SSSR count). The van der Waals surface area contributed by atoms with Crippen LogP contribution in [0.25, 0.3) is 0 Å². The zero-order chi connectivity index (χ0) is 14.8.